The number of aromatic amines is 1. The summed E-state index contributed by atoms with van der Waals surface area (Å²) in [6.45, 7) is 5.08. The molecule has 8 heteroatoms. The minimum absolute atomic E-state index is 0.0885. The Kier molecular flexibility index (Phi) is 4.62. The Bertz CT molecular complexity index is 966. The fourth-order valence-electron chi connectivity index (χ4n) is 2.67. The van der Waals surface area contributed by atoms with E-state index in [0.29, 0.717) is 5.56 Å². The first-order valence-electron chi connectivity index (χ1n) is 7.87. The minimum Gasteiger partial charge on any atom is -0.394 e. The highest BCUT2D eigenvalue weighted by molar-refractivity contribution is 7.70. The monoisotopic (exact) mass is 362 g/mol. The highest BCUT2D eigenvalue weighted by Gasteiger charge is 2.20. The molecule has 0 spiro atoms. The molecule has 0 saturated carbocycles. The second-order valence-electron chi connectivity index (χ2n) is 6.37. The van der Waals surface area contributed by atoms with Gasteiger partial charge in [-0.25, -0.2) is 14.4 Å². The first-order chi connectivity index (χ1) is 11.8. The number of rotatable bonds is 5. The maximum absolute atomic E-state index is 14.3. The highest BCUT2D eigenvalue weighted by Crippen LogP contribution is 2.39. The molecule has 2 heterocycles. The minimum atomic E-state index is -2.48. The van der Waals surface area contributed by atoms with E-state index < -0.39 is 13.0 Å². The molecule has 0 unspecified atom stereocenters. The topological polar surface area (TPSA) is 90.9 Å². The third-order valence-corrected chi connectivity index (χ3v) is 5.46. The van der Waals surface area contributed by atoms with E-state index in [1.165, 1.54) is 0 Å². The van der Waals surface area contributed by atoms with Crippen molar-refractivity contribution in [3.63, 3.8) is 0 Å². The van der Waals surface area contributed by atoms with E-state index in [1.54, 1.807) is 32.5 Å². The maximum Gasteiger partial charge on any atom is 0.223 e. The maximum atomic E-state index is 14.3. The normalized spacial score (nSPS) is 13.2. The van der Waals surface area contributed by atoms with E-state index in [9.17, 15) is 8.96 Å². The van der Waals surface area contributed by atoms with Gasteiger partial charge in [-0.3, -0.25) is 0 Å². The lowest BCUT2D eigenvalue weighted by atomic mass is 10.1. The molecule has 0 aliphatic heterocycles. The van der Waals surface area contributed by atoms with E-state index >= 15 is 0 Å². The van der Waals surface area contributed by atoms with Gasteiger partial charge < -0.3 is 20.0 Å². The summed E-state index contributed by atoms with van der Waals surface area (Å²) in [6, 6.07) is 5.21. The largest absolute Gasteiger partial charge is 0.394 e. The molecule has 3 N–H and O–H groups in total. The van der Waals surface area contributed by atoms with Crippen molar-refractivity contribution in [3.8, 4) is 11.3 Å². The zero-order valence-electron chi connectivity index (χ0n) is 14.2. The third kappa shape index (κ3) is 3.43. The molecule has 132 valence electrons. The van der Waals surface area contributed by atoms with Gasteiger partial charge in [0, 0.05) is 28.5 Å². The summed E-state index contributed by atoms with van der Waals surface area (Å²) in [5, 5.41) is 13.5. The van der Waals surface area contributed by atoms with Crippen molar-refractivity contribution < 1.29 is 14.1 Å². The smallest absolute Gasteiger partial charge is 0.223 e. The number of aromatic nitrogens is 3. The summed E-state index contributed by atoms with van der Waals surface area (Å²) in [7, 11) is -2.48. The zero-order valence-corrected chi connectivity index (χ0v) is 15.1. The number of para-hydroxylation sites is 1. The average Bonchev–Trinajstić information content (AvgIpc) is 2.99. The molecule has 25 heavy (non-hydrogen) atoms. The van der Waals surface area contributed by atoms with Crippen LogP contribution in [0.25, 0.3) is 22.2 Å². The molecule has 0 amide bonds. The van der Waals surface area contributed by atoms with Crippen molar-refractivity contribution in [2.24, 2.45) is 0 Å². The average molecular weight is 362 g/mol. The molecule has 0 aliphatic rings. The summed E-state index contributed by atoms with van der Waals surface area (Å²) >= 11 is 0. The molecule has 0 saturated heterocycles. The van der Waals surface area contributed by atoms with Crippen LogP contribution in [-0.4, -0.2) is 46.0 Å². The fourth-order valence-corrected chi connectivity index (χ4v) is 3.84. The van der Waals surface area contributed by atoms with Crippen LogP contribution in [0.2, 0.25) is 0 Å². The molecular weight excluding hydrogens is 342 g/mol. The van der Waals surface area contributed by atoms with Gasteiger partial charge in [-0.05, 0) is 26.3 Å². The summed E-state index contributed by atoms with van der Waals surface area (Å²) < 4.78 is 26.8. The van der Waals surface area contributed by atoms with E-state index in [4.69, 9.17) is 5.11 Å². The number of anilines is 1. The van der Waals surface area contributed by atoms with Gasteiger partial charge in [-0.1, -0.05) is 12.1 Å². The number of halogens is 1. The molecule has 0 bridgehead atoms. The van der Waals surface area contributed by atoms with Crippen LogP contribution in [0.5, 0.6) is 0 Å². The predicted molar refractivity (Wildman–Crippen MR) is 98.5 cm³/mol. The van der Waals surface area contributed by atoms with Crippen molar-refractivity contribution in [2.75, 3.05) is 25.3 Å². The lowest BCUT2D eigenvalue weighted by Gasteiger charge is -2.12. The van der Waals surface area contributed by atoms with Crippen LogP contribution in [0.1, 0.15) is 6.92 Å². The van der Waals surface area contributed by atoms with E-state index in [-0.39, 0.29) is 24.3 Å². The van der Waals surface area contributed by atoms with Gasteiger partial charge in [-0.2, -0.15) is 0 Å². The fraction of sp³-hybridized carbons (Fsp3) is 0.294. The van der Waals surface area contributed by atoms with E-state index in [0.717, 1.165) is 22.4 Å². The second-order valence-corrected chi connectivity index (χ2v) is 9.55. The Labute approximate surface area is 144 Å². The molecule has 3 aromatic rings. The second kappa shape index (κ2) is 6.58. The van der Waals surface area contributed by atoms with Crippen LogP contribution in [0.3, 0.4) is 0 Å². The molecule has 2 aromatic heterocycles. The molecule has 3 rings (SSSR count). The number of hydrogen-bond acceptors (Lipinski definition) is 5. The number of hydrogen-bond donors (Lipinski definition) is 3. The SMILES string of the molecule is C[C@@H](CO)Nc1ncc(F)c(-c2c[nH]c3c(P(C)(C)=O)cccc23)n1. The van der Waals surface area contributed by atoms with Crippen LogP contribution < -0.4 is 10.6 Å². The lowest BCUT2D eigenvalue weighted by molar-refractivity contribution is 0.281. The van der Waals surface area contributed by atoms with Gasteiger partial charge in [0.25, 0.3) is 0 Å². The molecule has 1 atom stereocenters. The molecule has 6 nitrogen and oxygen atoms in total. The Morgan fingerprint density at radius 1 is 1.40 bits per heavy atom. The number of nitrogens with zero attached hydrogens (tertiary/aromatic N) is 2. The zero-order chi connectivity index (χ0) is 18.2. The Hall–Kier alpha value is -2.24. The number of benzene rings is 1. The van der Waals surface area contributed by atoms with Crippen molar-refractivity contribution in [3.05, 3.63) is 36.4 Å². The van der Waals surface area contributed by atoms with Gasteiger partial charge in [0.05, 0.1) is 18.3 Å². The highest BCUT2D eigenvalue weighted by atomic mass is 31.2. The van der Waals surface area contributed by atoms with Crippen LogP contribution in [0.4, 0.5) is 10.3 Å². The molecule has 0 aliphatic carbocycles. The number of aliphatic hydroxyl groups excluding tert-OH is 1. The van der Waals surface area contributed by atoms with Crippen molar-refractivity contribution in [1.82, 2.24) is 15.0 Å². The van der Waals surface area contributed by atoms with Gasteiger partial charge in [0.2, 0.25) is 5.95 Å². The first kappa shape index (κ1) is 17.6. The predicted octanol–water partition coefficient (Wildman–Crippen LogP) is 2.80. The molecular formula is C17H20FN4O2P. The number of H-pyrrole nitrogens is 1. The lowest BCUT2D eigenvalue weighted by Crippen LogP contribution is -2.21. The Balaban J connectivity index is 2.14. The van der Waals surface area contributed by atoms with Gasteiger partial charge >= 0.3 is 0 Å². The number of fused-ring (bicyclic) bond motifs is 1. The summed E-state index contributed by atoms with van der Waals surface area (Å²) in [4.78, 5) is 11.3. The van der Waals surface area contributed by atoms with Crippen molar-refractivity contribution in [1.29, 1.82) is 0 Å². The standard InChI is InChI=1S/C17H20FN4O2P/c1-10(9-23)21-17-20-8-13(18)15(22-17)12-7-19-16-11(12)5-4-6-14(16)25(2,3)24/h4-8,10,19,23H,9H2,1-3H3,(H,20,21,22)/t10-/m0/s1. The quantitative estimate of drug-likeness (QED) is 0.607. The van der Waals surface area contributed by atoms with E-state index in [2.05, 4.69) is 20.3 Å². The van der Waals surface area contributed by atoms with Crippen LogP contribution >= 0.6 is 7.14 Å². The summed E-state index contributed by atoms with van der Waals surface area (Å²) in [6.07, 6.45) is 2.76. The molecule has 1 aromatic carbocycles. The van der Waals surface area contributed by atoms with E-state index in [1.807, 2.05) is 12.1 Å². The van der Waals surface area contributed by atoms with Crippen LogP contribution in [-0.2, 0) is 4.57 Å². The van der Waals surface area contributed by atoms with Crippen LogP contribution in [0.15, 0.2) is 30.6 Å². The first-order valence-corrected chi connectivity index (χ1v) is 10.5. The molecule has 0 radical (unpaired) electrons. The number of nitrogens with one attached hydrogen (secondary N) is 2. The Morgan fingerprint density at radius 2 is 2.16 bits per heavy atom. The van der Waals surface area contributed by atoms with Crippen molar-refractivity contribution in [2.45, 2.75) is 13.0 Å². The van der Waals surface area contributed by atoms with Gasteiger partial charge in [-0.15, -0.1) is 0 Å². The van der Waals surface area contributed by atoms with Gasteiger partial charge in [0.1, 0.15) is 12.8 Å². The molecule has 0 fully saturated rings. The Morgan fingerprint density at radius 3 is 2.84 bits per heavy atom. The van der Waals surface area contributed by atoms with Crippen LogP contribution in [0, 0.1) is 5.82 Å². The van der Waals surface area contributed by atoms with Gasteiger partial charge in [0.15, 0.2) is 5.82 Å². The van der Waals surface area contributed by atoms with Crippen molar-refractivity contribution >= 4 is 29.3 Å². The number of aliphatic hydroxyl groups is 1. The third-order valence-electron chi connectivity index (χ3n) is 3.92. The summed E-state index contributed by atoms with van der Waals surface area (Å²) in [5.41, 5.74) is 1.44. The summed E-state index contributed by atoms with van der Waals surface area (Å²) in [5.74, 6) is -0.315.